The number of nitrogens with one attached hydrogen (secondary N) is 1. The molecule has 0 atom stereocenters. The Morgan fingerprint density at radius 2 is 1.63 bits per heavy atom. The van der Waals surface area contributed by atoms with Gasteiger partial charge in [-0.25, -0.2) is 4.39 Å². The highest BCUT2D eigenvalue weighted by Crippen LogP contribution is 2.35. The van der Waals surface area contributed by atoms with Crippen LogP contribution in [-0.2, 0) is 6.18 Å². The van der Waals surface area contributed by atoms with Gasteiger partial charge in [0.05, 0.1) is 16.8 Å². The number of aromatic nitrogens is 1. The lowest BCUT2D eigenvalue weighted by atomic mass is 10.1. The summed E-state index contributed by atoms with van der Waals surface area (Å²) in [5, 5.41) is 2.62. The Labute approximate surface area is 153 Å². The molecule has 0 bridgehead atoms. The summed E-state index contributed by atoms with van der Waals surface area (Å²) in [6.07, 6.45) is -4.52. The molecule has 7 heteroatoms. The Bertz CT molecular complexity index is 988. The Morgan fingerprint density at radius 1 is 1.00 bits per heavy atom. The van der Waals surface area contributed by atoms with Crippen LogP contribution in [0.15, 0.2) is 54.6 Å². The third kappa shape index (κ3) is 3.72. The number of carbonyl (C=O) groups is 1. The maximum absolute atomic E-state index is 13.4. The van der Waals surface area contributed by atoms with Gasteiger partial charge in [-0.3, -0.25) is 4.79 Å². The third-order valence-corrected chi connectivity index (χ3v) is 4.23. The molecule has 140 valence electrons. The first kappa shape index (κ1) is 18.7. The van der Waals surface area contributed by atoms with Gasteiger partial charge < -0.3 is 9.88 Å². The Balaban J connectivity index is 2.01. The van der Waals surface area contributed by atoms with Gasteiger partial charge in [0.15, 0.2) is 0 Å². The maximum atomic E-state index is 13.4. The number of rotatable bonds is 3. The molecule has 0 saturated heterocycles. The number of hydrogen-bond acceptors (Lipinski definition) is 1. The molecule has 2 aromatic carbocycles. The fourth-order valence-corrected chi connectivity index (χ4v) is 3.00. The first-order valence-corrected chi connectivity index (χ1v) is 8.11. The second-order valence-corrected chi connectivity index (χ2v) is 6.10. The van der Waals surface area contributed by atoms with Gasteiger partial charge in [-0.15, -0.1) is 0 Å². The highest BCUT2D eigenvalue weighted by molar-refractivity contribution is 6.05. The summed E-state index contributed by atoms with van der Waals surface area (Å²) in [4.78, 5) is 12.6. The lowest BCUT2D eigenvalue weighted by Gasteiger charge is -2.16. The van der Waals surface area contributed by atoms with Crippen LogP contribution < -0.4 is 5.32 Å². The van der Waals surface area contributed by atoms with E-state index >= 15 is 0 Å². The minimum Gasteiger partial charge on any atom is -0.322 e. The standard InChI is InChI=1S/C20H16F4N2O/c1-12-11-16(19(27)25-15-9-7-14(21)8-10-15)13(2)26(12)18-6-4-3-5-17(18)20(22,23)24/h3-11H,1-2H3,(H,25,27). The Morgan fingerprint density at radius 3 is 2.26 bits per heavy atom. The van der Waals surface area contributed by atoms with E-state index in [0.717, 1.165) is 6.07 Å². The van der Waals surface area contributed by atoms with Crippen molar-refractivity contribution in [3.05, 3.63) is 82.9 Å². The van der Waals surface area contributed by atoms with Crippen molar-refractivity contribution in [2.24, 2.45) is 0 Å². The van der Waals surface area contributed by atoms with Crippen LogP contribution in [0.3, 0.4) is 0 Å². The van der Waals surface area contributed by atoms with E-state index in [9.17, 15) is 22.4 Å². The predicted molar refractivity (Wildman–Crippen MR) is 94.6 cm³/mol. The van der Waals surface area contributed by atoms with Gasteiger partial charge in [0.25, 0.3) is 5.91 Å². The second kappa shape index (κ2) is 6.90. The van der Waals surface area contributed by atoms with Gasteiger partial charge in [0, 0.05) is 17.1 Å². The van der Waals surface area contributed by atoms with Gasteiger partial charge in [-0.2, -0.15) is 13.2 Å². The molecule has 0 spiro atoms. The number of nitrogens with zero attached hydrogens (tertiary/aromatic N) is 1. The number of para-hydroxylation sites is 1. The van der Waals surface area contributed by atoms with Crippen LogP contribution in [-0.4, -0.2) is 10.5 Å². The van der Waals surface area contributed by atoms with Gasteiger partial charge in [0.1, 0.15) is 5.82 Å². The van der Waals surface area contributed by atoms with Crippen molar-refractivity contribution in [1.29, 1.82) is 0 Å². The molecule has 3 aromatic rings. The summed E-state index contributed by atoms with van der Waals surface area (Å²) >= 11 is 0. The molecule has 27 heavy (non-hydrogen) atoms. The fraction of sp³-hybridized carbons (Fsp3) is 0.150. The van der Waals surface area contributed by atoms with Crippen molar-refractivity contribution < 1.29 is 22.4 Å². The zero-order valence-corrected chi connectivity index (χ0v) is 14.6. The fourth-order valence-electron chi connectivity index (χ4n) is 3.00. The van der Waals surface area contributed by atoms with Gasteiger partial charge in [-0.1, -0.05) is 12.1 Å². The molecule has 0 fully saturated rings. The van der Waals surface area contributed by atoms with Crippen LogP contribution in [0.2, 0.25) is 0 Å². The average molecular weight is 376 g/mol. The van der Waals surface area contributed by atoms with Gasteiger partial charge >= 0.3 is 6.18 Å². The molecule has 0 aliphatic carbocycles. The van der Waals surface area contributed by atoms with Crippen molar-refractivity contribution in [3.8, 4) is 5.69 Å². The third-order valence-electron chi connectivity index (χ3n) is 4.23. The van der Waals surface area contributed by atoms with Crippen LogP contribution >= 0.6 is 0 Å². The van der Waals surface area contributed by atoms with Crippen LogP contribution in [0.5, 0.6) is 0 Å². The first-order chi connectivity index (χ1) is 12.7. The zero-order chi connectivity index (χ0) is 19.8. The molecule has 0 aliphatic heterocycles. The summed E-state index contributed by atoms with van der Waals surface area (Å²) in [6, 6.07) is 12.0. The highest BCUT2D eigenvalue weighted by atomic mass is 19.4. The number of aryl methyl sites for hydroxylation is 1. The van der Waals surface area contributed by atoms with Crippen molar-refractivity contribution in [2.45, 2.75) is 20.0 Å². The van der Waals surface area contributed by atoms with Crippen LogP contribution in [0.25, 0.3) is 5.69 Å². The lowest BCUT2D eigenvalue weighted by molar-refractivity contribution is -0.137. The zero-order valence-electron chi connectivity index (χ0n) is 14.6. The van der Waals surface area contributed by atoms with Crippen molar-refractivity contribution in [2.75, 3.05) is 5.32 Å². The molecular weight excluding hydrogens is 360 g/mol. The topological polar surface area (TPSA) is 34.0 Å². The normalized spacial score (nSPS) is 11.5. The summed E-state index contributed by atoms with van der Waals surface area (Å²) in [7, 11) is 0. The van der Waals surface area contributed by atoms with E-state index in [4.69, 9.17) is 0 Å². The number of benzene rings is 2. The number of anilines is 1. The largest absolute Gasteiger partial charge is 0.418 e. The average Bonchev–Trinajstić information content (AvgIpc) is 2.90. The number of amides is 1. The first-order valence-electron chi connectivity index (χ1n) is 8.11. The van der Waals surface area contributed by atoms with Crippen molar-refractivity contribution >= 4 is 11.6 Å². The van der Waals surface area contributed by atoms with E-state index < -0.39 is 23.5 Å². The number of carbonyl (C=O) groups excluding carboxylic acids is 1. The smallest absolute Gasteiger partial charge is 0.322 e. The van der Waals surface area contributed by atoms with E-state index in [-0.39, 0.29) is 11.3 Å². The Kier molecular flexibility index (Phi) is 4.78. The van der Waals surface area contributed by atoms with E-state index in [1.54, 1.807) is 13.8 Å². The lowest BCUT2D eigenvalue weighted by Crippen LogP contribution is -2.14. The highest BCUT2D eigenvalue weighted by Gasteiger charge is 2.34. The second-order valence-electron chi connectivity index (χ2n) is 6.10. The molecule has 0 radical (unpaired) electrons. The van der Waals surface area contributed by atoms with E-state index in [1.165, 1.54) is 53.1 Å². The molecule has 1 N–H and O–H groups in total. The van der Waals surface area contributed by atoms with Crippen LogP contribution in [0.1, 0.15) is 27.3 Å². The van der Waals surface area contributed by atoms with Crippen molar-refractivity contribution in [3.63, 3.8) is 0 Å². The molecule has 0 unspecified atom stereocenters. The van der Waals surface area contributed by atoms with E-state index in [2.05, 4.69) is 5.32 Å². The molecule has 0 saturated carbocycles. The molecule has 3 rings (SSSR count). The molecule has 1 aromatic heterocycles. The SMILES string of the molecule is Cc1cc(C(=O)Nc2ccc(F)cc2)c(C)n1-c1ccccc1C(F)(F)F. The number of alkyl halides is 3. The minimum absolute atomic E-state index is 0.0409. The van der Waals surface area contributed by atoms with Crippen LogP contribution in [0.4, 0.5) is 23.2 Å². The van der Waals surface area contributed by atoms with Crippen LogP contribution in [0, 0.1) is 19.7 Å². The quantitative estimate of drug-likeness (QED) is 0.602. The number of hydrogen-bond donors (Lipinski definition) is 1. The molecule has 1 heterocycles. The predicted octanol–water partition coefficient (Wildman–Crippen LogP) is 5.50. The molecule has 1 amide bonds. The monoisotopic (exact) mass is 376 g/mol. The number of halogens is 4. The summed E-state index contributed by atoms with van der Waals surface area (Å²) in [5.74, 6) is -0.916. The maximum Gasteiger partial charge on any atom is 0.418 e. The van der Waals surface area contributed by atoms with Gasteiger partial charge in [0.2, 0.25) is 0 Å². The molecular formula is C20H16F4N2O. The van der Waals surface area contributed by atoms with Gasteiger partial charge in [-0.05, 0) is 56.3 Å². The molecule has 0 aliphatic rings. The van der Waals surface area contributed by atoms with E-state index in [1.807, 2.05) is 0 Å². The van der Waals surface area contributed by atoms with E-state index in [0.29, 0.717) is 17.1 Å². The molecule has 3 nitrogen and oxygen atoms in total. The summed E-state index contributed by atoms with van der Waals surface area (Å²) in [6.45, 7) is 3.22. The van der Waals surface area contributed by atoms with Crippen molar-refractivity contribution in [1.82, 2.24) is 4.57 Å². The Hall–Kier alpha value is -3.09. The summed E-state index contributed by atoms with van der Waals surface area (Å²) < 4.78 is 54.5. The minimum atomic E-state index is -4.52. The summed E-state index contributed by atoms with van der Waals surface area (Å²) in [5.41, 5.74) is 0.686.